The van der Waals surface area contributed by atoms with Gasteiger partial charge >= 0.3 is 0 Å². The van der Waals surface area contributed by atoms with E-state index in [2.05, 4.69) is 4.83 Å². The van der Waals surface area contributed by atoms with Crippen LogP contribution in [0.2, 0.25) is 0 Å². The zero-order chi connectivity index (χ0) is 14.9. The number of aryl methyl sites for hydroxylation is 1. The van der Waals surface area contributed by atoms with Crippen LogP contribution in [0.15, 0.2) is 11.0 Å². The zero-order valence-corrected chi connectivity index (χ0v) is 13.2. The van der Waals surface area contributed by atoms with E-state index in [1.165, 1.54) is 0 Å². The fourth-order valence-electron chi connectivity index (χ4n) is 2.65. The molecule has 2 rings (SSSR count). The SMILES string of the molecule is Cc1cc(N)c(C)c(S(=O)(=O)NN2CCCCC2)c1C. The smallest absolute Gasteiger partial charge is 0.254 e. The van der Waals surface area contributed by atoms with E-state index in [0.29, 0.717) is 16.1 Å². The highest BCUT2D eigenvalue weighted by Gasteiger charge is 2.25. The van der Waals surface area contributed by atoms with Gasteiger partial charge in [0.05, 0.1) is 4.90 Å². The van der Waals surface area contributed by atoms with Crippen molar-refractivity contribution in [2.75, 3.05) is 18.8 Å². The maximum atomic E-state index is 12.6. The Morgan fingerprint density at radius 3 is 2.30 bits per heavy atom. The first kappa shape index (κ1) is 15.3. The van der Waals surface area contributed by atoms with E-state index in [-0.39, 0.29) is 0 Å². The molecule has 1 saturated heterocycles. The molecule has 1 aliphatic rings. The van der Waals surface area contributed by atoms with Crippen LogP contribution >= 0.6 is 0 Å². The molecular weight excluding hydrogens is 274 g/mol. The fraction of sp³-hybridized carbons (Fsp3) is 0.571. The van der Waals surface area contributed by atoms with Gasteiger partial charge in [-0.15, -0.1) is 4.83 Å². The lowest BCUT2D eigenvalue weighted by Gasteiger charge is -2.27. The summed E-state index contributed by atoms with van der Waals surface area (Å²) in [5, 5.41) is 1.79. The quantitative estimate of drug-likeness (QED) is 0.835. The Bertz CT molecular complexity index is 579. The molecule has 0 spiro atoms. The molecule has 1 aromatic carbocycles. The third kappa shape index (κ3) is 2.97. The summed E-state index contributed by atoms with van der Waals surface area (Å²) in [4.78, 5) is 3.02. The Morgan fingerprint density at radius 2 is 1.70 bits per heavy atom. The molecule has 0 atom stereocenters. The number of hydrazine groups is 1. The van der Waals surface area contributed by atoms with Gasteiger partial charge in [0.25, 0.3) is 10.0 Å². The second kappa shape index (κ2) is 5.71. The van der Waals surface area contributed by atoms with Gasteiger partial charge in [0, 0.05) is 18.8 Å². The van der Waals surface area contributed by atoms with Gasteiger partial charge in [-0.1, -0.05) is 6.42 Å². The van der Waals surface area contributed by atoms with Crippen molar-refractivity contribution < 1.29 is 8.42 Å². The zero-order valence-electron chi connectivity index (χ0n) is 12.4. The van der Waals surface area contributed by atoms with Gasteiger partial charge in [-0.25, -0.2) is 13.4 Å². The third-order valence-corrected chi connectivity index (χ3v) is 5.60. The monoisotopic (exact) mass is 297 g/mol. The van der Waals surface area contributed by atoms with Gasteiger partial charge in [0.2, 0.25) is 0 Å². The number of nitrogens with one attached hydrogen (secondary N) is 1. The average Bonchev–Trinajstić information content (AvgIpc) is 2.37. The second-order valence-corrected chi connectivity index (χ2v) is 7.10. The van der Waals surface area contributed by atoms with Crippen LogP contribution in [0.3, 0.4) is 0 Å². The van der Waals surface area contributed by atoms with Gasteiger partial charge in [0.15, 0.2) is 0 Å². The Morgan fingerprint density at radius 1 is 1.10 bits per heavy atom. The number of rotatable bonds is 3. The summed E-state index contributed by atoms with van der Waals surface area (Å²) in [7, 11) is -3.57. The molecule has 0 bridgehead atoms. The third-order valence-electron chi connectivity index (χ3n) is 3.95. The van der Waals surface area contributed by atoms with E-state index < -0.39 is 10.0 Å². The minimum Gasteiger partial charge on any atom is -0.398 e. The fourth-order valence-corrected chi connectivity index (χ4v) is 4.34. The van der Waals surface area contributed by atoms with Crippen molar-refractivity contribution in [2.24, 2.45) is 0 Å². The van der Waals surface area contributed by atoms with Crippen LogP contribution in [-0.4, -0.2) is 26.5 Å². The van der Waals surface area contributed by atoms with Crippen LogP contribution in [0.25, 0.3) is 0 Å². The van der Waals surface area contributed by atoms with E-state index in [1.54, 1.807) is 11.9 Å². The van der Waals surface area contributed by atoms with Crippen molar-refractivity contribution in [1.82, 2.24) is 9.84 Å². The van der Waals surface area contributed by atoms with E-state index in [1.807, 2.05) is 19.9 Å². The summed E-state index contributed by atoms with van der Waals surface area (Å²) < 4.78 is 25.3. The number of hydrogen-bond donors (Lipinski definition) is 2. The standard InChI is InChI=1S/C14H23N3O2S/c1-10-9-13(15)12(3)14(11(10)2)20(18,19)16-17-7-5-4-6-8-17/h9,16H,4-8,15H2,1-3H3. The summed E-state index contributed by atoms with van der Waals surface area (Å²) in [5.74, 6) is 0. The highest BCUT2D eigenvalue weighted by molar-refractivity contribution is 7.89. The molecule has 112 valence electrons. The Balaban J connectivity index is 2.38. The van der Waals surface area contributed by atoms with E-state index in [9.17, 15) is 8.42 Å². The van der Waals surface area contributed by atoms with Crippen LogP contribution in [0.1, 0.15) is 36.0 Å². The lowest BCUT2D eigenvalue weighted by molar-refractivity contribution is 0.200. The van der Waals surface area contributed by atoms with Crippen LogP contribution in [0.4, 0.5) is 5.69 Å². The van der Waals surface area contributed by atoms with Gasteiger partial charge in [-0.2, -0.15) is 0 Å². The average molecular weight is 297 g/mol. The summed E-state index contributed by atoms with van der Waals surface area (Å²) in [6.07, 6.45) is 3.21. The number of nitrogen functional groups attached to an aromatic ring is 1. The molecule has 1 heterocycles. The van der Waals surface area contributed by atoms with E-state index in [0.717, 1.165) is 43.5 Å². The van der Waals surface area contributed by atoms with Crippen LogP contribution < -0.4 is 10.6 Å². The second-order valence-electron chi connectivity index (χ2n) is 5.50. The number of benzene rings is 1. The Labute approximate surface area is 121 Å². The maximum Gasteiger partial charge on any atom is 0.254 e. The molecule has 3 N–H and O–H groups in total. The molecule has 1 aromatic rings. The number of nitrogens with two attached hydrogens (primary N) is 1. The number of sulfonamides is 1. The normalized spacial score (nSPS) is 17.4. The van der Waals surface area contributed by atoms with Crippen LogP contribution in [-0.2, 0) is 10.0 Å². The summed E-state index contributed by atoms with van der Waals surface area (Å²) in [6, 6.07) is 1.82. The lowest BCUT2D eigenvalue weighted by Crippen LogP contribution is -2.45. The molecule has 0 radical (unpaired) electrons. The van der Waals surface area contributed by atoms with Gasteiger partial charge in [-0.3, -0.25) is 0 Å². The molecule has 5 nitrogen and oxygen atoms in total. The summed E-state index contributed by atoms with van der Waals surface area (Å²) >= 11 is 0. The first-order chi connectivity index (χ1) is 9.33. The minimum atomic E-state index is -3.57. The van der Waals surface area contributed by atoms with Crippen molar-refractivity contribution in [1.29, 1.82) is 0 Å². The maximum absolute atomic E-state index is 12.6. The van der Waals surface area contributed by atoms with Crippen LogP contribution in [0, 0.1) is 20.8 Å². The first-order valence-electron chi connectivity index (χ1n) is 6.96. The molecule has 0 unspecified atom stereocenters. The highest BCUT2D eigenvalue weighted by Crippen LogP contribution is 2.28. The number of hydrogen-bond acceptors (Lipinski definition) is 4. The van der Waals surface area contributed by atoms with Gasteiger partial charge in [-0.05, 0) is 56.4 Å². The molecule has 0 amide bonds. The first-order valence-corrected chi connectivity index (χ1v) is 8.45. The van der Waals surface area contributed by atoms with Crippen LogP contribution in [0.5, 0.6) is 0 Å². The molecular formula is C14H23N3O2S. The Hall–Kier alpha value is -1.11. The number of piperidine rings is 1. The highest BCUT2D eigenvalue weighted by atomic mass is 32.2. The van der Waals surface area contributed by atoms with Gasteiger partial charge < -0.3 is 5.73 Å². The van der Waals surface area contributed by atoms with Crippen molar-refractivity contribution in [3.63, 3.8) is 0 Å². The molecule has 20 heavy (non-hydrogen) atoms. The molecule has 0 saturated carbocycles. The predicted molar refractivity (Wildman–Crippen MR) is 80.8 cm³/mol. The summed E-state index contributed by atoms with van der Waals surface area (Å²) in [6.45, 7) is 6.99. The van der Waals surface area contributed by atoms with Crippen molar-refractivity contribution in [2.45, 2.75) is 44.9 Å². The van der Waals surface area contributed by atoms with Gasteiger partial charge in [0.1, 0.15) is 0 Å². The van der Waals surface area contributed by atoms with E-state index in [4.69, 9.17) is 5.73 Å². The molecule has 1 aliphatic heterocycles. The van der Waals surface area contributed by atoms with E-state index >= 15 is 0 Å². The lowest BCUT2D eigenvalue weighted by atomic mass is 10.1. The summed E-state index contributed by atoms with van der Waals surface area (Å²) in [5.41, 5.74) is 8.72. The van der Waals surface area contributed by atoms with Crippen molar-refractivity contribution >= 4 is 15.7 Å². The van der Waals surface area contributed by atoms with Crippen molar-refractivity contribution in [3.05, 3.63) is 22.8 Å². The predicted octanol–water partition coefficient (Wildman–Crippen LogP) is 1.87. The largest absolute Gasteiger partial charge is 0.398 e. The molecule has 6 heteroatoms. The number of nitrogens with zero attached hydrogens (tertiary/aromatic N) is 1. The topological polar surface area (TPSA) is 75.4 Å². The molecule has 0 aromatic heterocycles. The minimum absolute atomic E-state index is 0.320. The number of anilines is 1. The van der Waals surface area contributed by atoms with Crippen molar-refractivity contribution in [3.8, 4) is 0 Å². The molecule has 1 fully saturated rings. The Kier molecular flexibility index (Phi) is 4.36. The molecule has 0 aliphatic carbocycles.